The lowest BCUT2D eigenvalue weighted by molar-refractivity contribution is 0.191. The Labute approximate surface area is 123 Å². The molecule has 0 radical (unpaired) electrons. The zero-order valence-electron chi connectivity index (χ0n) is 11.2. The van der Waals surface area contributed by atoms with Crippen LogP contribution in [0.1, 0.15) is 6.42 Å². The third kappa shape index (κ3) is 5.03. The smallest absolute Gasteiger partial charge is 0.150 e. The molecule has 0 saturated carbocycles. The van der Waals surface area contributed by atoms with Gasteiger partial charge in [0.15, 0.2) is 0 Å². The van der Waals surface area contributed by atoms with Gasteiger partial charge < -0.3 is 20.1 Å². The molecule has 1 rings (SSSR count). The highest BCUT2D eigenvalue weighted by Gasteiger charge is 2.14. The second kappa shape index (κ2) is 8.43. The zero-order valence-corrected chi connectivity index (χ0v) is 12.7. The topological polar surface area (TPSA) is 60.6 Å². The molecule has 0 bridgehead atoms. The number of anilines is 2. The van der Waals surface area contributed by atoms with Crippen molar-refractivity contribution in [2.24, 2.45) is 0 Å². The summed E-state index contributed by atoms with van der Waals surface area (Å²) in [4.78, 5) is 6.26. The second-order valence-corrected chi connectivity index (χ2v) is 4.80. The van der Waals surface area contributed by atoms with Gasteiger partial charge in [-0.15, -0.1) is 0 Å². The van der Waals surface area contributed by atoms with Gasteiger partial charge in [-0.05, 0) is 12.5 Å². The number of nitrogen functional groups attached to an aromatic ring is 1. The van der Waals surface area contributed by atoms with Crippen molar-refractivity contribution < 1.29 is 9.47 Å². The van der Waals surface area contributed by atoms with Gasteiger partial charge in [-0.1, -0.05) is 23.2 Å². The fourth-order valence-electron chi connectivity index (χ4n) is 1.62. The maximum absolute atomic E-state index is 6.17. The van der Waals surface area contributed by atoms with Crippen molar-refractivity contribution in [3.8, 4) is 0 Å². The van der Waals surface area contributed by atoms with Gasteiger partial charge in [0.05, 0.1) is 16.7 Å². The highest BCUT2D eigenvalue weighted by atomic mass is 35.5. The van der Waals surface area contributed by atoms with E-state index in [-0.39, 0.29) is 5.82 Å². The molecule has 7 heteroatoms. The predicted molar refractivity (Wildman–Crippen MR) is 79.3 cm³/mol. The molecule has 0 amide bonds. The Bertz CT molecular complexity index is 405. The van der Waals surface area contributed by atoms with E-state index in [1.54, 1.807) is 20.3 Å². The summed E-state index contributed by atoms with van der Waals surface area (Å²) < 4.78 is 10.1. The van der Waals surface area contributed by atoms with E-state index in [2.05, 4.69) is 4.98 Å². The first-order chi connectivity index (χ1) is 9.10. The van der Waals surface area contributed by atoms with Crippen LogP contribution in [0.3, 0.4) is 0 Å². The minimum Gasteiger partial charge on any atom is -0.385 e. The van der Waals surface area contributed by atoms with Crippen molar-refractivity contribution in [3.05, 3.63) is 16.1 Å². The minimum atomic E-state index is 0.273. The minimum absolute atomic E-state index is 0.273. The number of hydrogen-bond donors (Lipinski definition) is 1. The summed E-state index contributed by atoms with van der Waals surface area (Å²) in [5.41, 5.74) is 5.73. The first-order valence-corrected chi connectivity index (χ1v) is 6.70. The molecule has 0 aliphatic rings. The van der Waals surface area contributed by atoms with E-state index in [1.807, 2.05) is 4.90 Å². The molecule has 0 aliphatic heterocycles. The molecule has 108 valence electrons. The molecule has 0 fully saturated rings. The Hall–Kier alpha value is -0.750. The number of nitrogens with zero attached hydrogens (tertiary/aromatic N) is 2. The number of pyridine rings is 1. The molecule has 0 spiro atoms. The third-order valence-corrected chi connectivity index (χ3v) is 3.16. The van der Waals surface area contributed by atoms with Gasteiger partial charge in [-0.25, -0.2) is 4.98 Å². The zero-order chi connectivity index (χ0) is 14.3. The van der Waals surface area contributed by atoms with Crippen molar-refractivity contribution in [2.75, 3.05) is 51.2 Å². The fraction of sp³-hybridized carbons (Fsp3) is 0.583. The third-order valence-electron chi connectivity index (χ3n) is 2.58. The van der Waals surface area contributed by atoms with Crippen LogP contribution in [0.5, 0.6) is 0 Å². The highest BCUT2D eigenvalue weighted by Crippen LogP contribution is 2.30. The molecule has 5 nitrogen and oxygen atoms in total. The lowest BCUT2D eigenvalue weighted by Crippen LogP contribution is -2.30. The van der Waals surface area contributed by atoms with Gasteiger partial charge in [0.1, 0.15) is 11.6 Å². The quantitative estimate of drug-likeness (QED) is 0.748. The second-order valence-electron chi connectivity index (χ2n) is 3.99. The predicted octanol–water partition coefficient (Wildman–Crippen LogP) is 2.46. The Balaban J connectivity index is 2.85. The maximum atomic E-state index is 6.17. The van der Waals surface area contributed by atoms with Gasteiger partial charge in [0.25, 0.3) is 0 Å². The molecule has 0 unspecified atom stereocenters. The standard InChI is InChI=1S/C12H19Cl2N3O2/c1-18-6-3-4-17(5-7-19-2)12-10(14)8-9(13)11(15)16-12/h8H,3-7H2,1-2H3,(H2,15,16). The number of halogens is 2. The molecule has 1 aromatic heterocycles. The summed E-state index contributed by atoms with van der Waals surface area (Å²) in [6.07, 6.45) is 0.862. The number of aromatic nitrogens is 1. The Morgan fingerprint density at radius 3 is 2.47 bits per heavy atom. The Kier molecular flexibility index (Phi) is 7.23. The lowest BCUT2D eigenvalue weighted by Gasteiger charge is -2.24. The Morgan fingerprint density at radius 2 is 1.84 bits per heavy atom. The molecule has 1 aromatic rings. The number of nitrogens with two attached hydrogens (primary N) is 1. The van der Waals surface area contributed by atoms with E-state index in [0.29, 0.717) is 35.6 Å². The average Bonchev–Trinajstić information content (AvgIpc) is 2.38. The van der Waals surface area contributed by atoms with Crippen molar-refractivity contribution in [1.82, 2.24) is 4.98 Å². The molecular formula is C12H19Cl2N3O2. The molecule has 19 heavy (non-hydrogen) atoms. The summed E-state index contributed by atoms with van der Waals surface area (Å²) in [7, 11) is 3.32. The van der Waals surface area contributed by atoms with Crippen LogP contribution in [0.25, 0.3) is 0 Å². The van der Waals surface area contributed by atoms with Crippen molar-refractivity contribution in [1.29, 1.82) is 0 Å². The van der Waals surface area contributed by atoms with Gasteiger partial charge >= 0.3 is 0 Å². The van der Waals surface area contributed by atoms with Crippen molar-refractivity contribution >= 4 is 34.8 Å². The summed E-state index contributed by atoms with van der Waals surface area (Å²) >= 11 is 12.1. The van der Waals surface area contributed by atoms with E-state index >= 15 is 0 Å². The van der Waals surface area contributed by atoms with Crippen LogP contribution in [0.4, 0.5) is 11.6 Å². The van der Waals surface area contributed by atoms with E-state index in [1.165, 1.54) is 0 Å². The van der Waals surface area contributed by atoms with Crippen LogP contribution >= 0.6 is 23.2 Å². The van der Waals surface area contributed by atoms with E-state index in [0.717, 1.165) is 13.0 Å². The van der Waals surface area contributed by atoms with Gasteiger partial charge in [-0.3, -0.25) is 0 Å². The first-order valence-electron chi connectivity index (χ1n) is 5.94. The number of hydrogen-bond acceptors (Lipinski definition) is 5. The summed E-state index contributed by atoms with van der Waals surface area (Å²) in [5.74, 6) is 0.895. The average molecular weight is 308 g/mol. The van der Waals surface area contributed by atoms with Gasteiger partial charge in [0, 0.05) is 33.9 Å². The van der Waals surface area contributed by atoms with Crippen molar-refractivity contribution in [3.63, 3.8) is 0 Å². The van der Waals surface area contributed by atoms with Crippen LogP contribution in [0, 0.1) is 0 Å². The van der Waals surface area contributed by atoms with E-state index in [4.69, 9.17) is 38.4 Å². The lowest BCUT2D eigenvalue weighted by atomic mass is 10.3. The number of methoxy groups -OCH3 is 2. The highest BCUT2D eigenvalue weighted by molar-refractivity contribution is 6.37. The summed E-state index contributed by atoms with van der Waals surface area (Å²) in [5, 5.41) is 0.838. The molecule has 0 aliphatic carbocycles. The largest absolute Gasteiger partial charge is 0.385 e. The normalized spacial score (nSPS) is 10.7. The molecule has 0 aromatic carbocycles. The molecule has 1 heterocycles. The Morgan fingerprint density at radius 1 is 1.16 bits per heavy atom. The fourth-order valence-corrected chi connectivity index (χ4v) is 2.10. The molecule has 0 atom stereocenters. The molecule has 0 saturated heterocycles. The van der Waals surface area contributed by atoms with Gasteiger partial charge in [-0.2, -0.15) is 0 Å². The van der Waals surface area contributed by atoms with Crippen LogP contribution in [0.2, 0.25) is 10.0 Å². The monoisotopic (exact) mass is 307 g/mol. The summed E-state index contributed by atoms with van der Waals surface area (Å²) in [6, 6.07) is 1.61. The maximum Gasteiger partial charge on any atom is 0.150 e. The number of ether oxygens (including phenoxy) is 2. The van der Waals surface area contributed by atoms with Crippen LogP contribution in [0.15, 0.2) is 6.07 Å². The first kappa shape index (κ1) is 16.3. The van der Waals surface area contributed by atoms with E-state index < -0.39 is 0 Å². The van der Waals surface area contributed by atoms with Crippen LogP contribution in [-0.4, -0.2) is 45.5 Å². The molecule has 2 N–H and O–H groups in total. The molecular weight excluding hydrogens is 289 g/mol. The van der Waals surface area contributed by atoms with Crippen LogP contribution in [-0.2, 0) is 9.47 Å². The van der Waals surface area contributed by atoms with Crippen LogP contribution < -0.4 is 10.6 Å². The van der Waals surface area contributed by atoms with Crippen molar-refractivity contribution in [2.45, 2.75) is 6.42 Å². The van der Waals surface area contributed by atoms with E-state index in [9.17, 15) is 0 Å². The number of rotatable bonds is 8. The SMILES string of the molecule is COCCCN(CCOC)c1nc(N)c(Cl)cc1Cl. The van der Waals surface area contributed by atoms with Gasteiger partial charge in [0.2, 0.25) is 0 Å². The summed E-state index contributed by atoms with van der Waals surface area (Å²) in [6.45, 7) is 2.68.